The van der Waals surface area contributed by atoms with Gasteiger partial charge in [-0.3, -0.25) is 0 Å². The number of nitrogens with zero attached hydrogens (tertiary/aromatic N) is 1. The van der Waals surface area contributed by atoms with Gasteiger partial charge in [-0.05, 0) is 13.3 Å². The standard InChI is InChI=1S/C11H16N2O2S/c1-3-5-6-15-10(14)8(4-2)9-7-16-11(12)13-9/h4,7H,3,5-6H2,1-2H3,(H2,12,13)/b8-4+. The molecular formula is C11H16N2O2S. The summed E-state index contributed by atoms with van der Waals surface area (Å²) in [5, 5.41) is 2.21. The Morgan fingerprint density at radius 2 is 2.44 bits per heavy atom. The summed E-state index contributed by atoms with van der Waals surface area (Å²) in [7, 11) is 0. The third kappa shape index (κ3) is 3.34. The van der Waals surface area contributed by atoms with Crippen molar-refractivity contribution in [1.82, 2.24) is 4.98 Å². The number of nitrogens with two attached hydrogens (primary N) is 1. The van der Waals surface area contributed by atoms with Gasteiger partial charge in [0.1, 0.15) is 0 Å². The molecule has 0 aliphatic heterocycles. The van der Waals surface area contributed by atoms with E-state index in [0.717, 1.165) is 12.8 Å². The molecule has 1 heterocycles. The molecule has 88 valence electrons. The van der Waals surface area contributed by atoms with E-state index in [2.05, 4.69) is 4.98 Å². The molecule has 1 rings (SSSR count). The highest BCUT2D eigenvalue weighted by molar-refractivity contribution is 7.13. The first kappa shape index (κ1) is 12.7. The van der Waals surface area contributed by atoms with Crippen molar-refractivity contribution in [3.8, 4) is 0 Å². The fraction of sp³-hybridized carbons (Fsp3) is 0.455. The molecule has 0 aliphatic carbocycles. The second-order valence-electron chi connectivity index (χ2n) is 3.26. The largest absolute Gasteiger partial charge is 0.462 e. The molecule has 0 aliphatic rings. The molecule has 1 aromatic rings. The van der Waals surface area contributed by atoms with E-state index in [-0.39, 0.29) is 5.97 Å². The van der Waals surface area contributed by atoms with E-state index in [1.807, 2.05) is 6.92 Å². The maximum atomic E-state index is 11.7. The molecule has 0 atom stereocenters. The van der Waals surface area contributed by atoms with Crippen LogP contribution in [0.4, 0.5) is 5.13 Å². The molecule has 0 unspecified atom stereocenters. The summed E-state index contributed by atoms with van der Waals surface area (Å²) in [5.41, 5.74) is 6.59. The summed E-state index contributed by atoms with van der Waals surface area (Å²) in [6.07, 6.45) is 3.58. The van der Waals surface area contributed by atoms with E-state index >= 15 is 0 Å². The zero-order chi connectivity index (χ0) is 12.0. The quantitative estimate of drug-likeness (QED) is 0.488. The molecule has 0 radical (unpaired) electrons. The van der Waals surface area contributed by atoms with Crippen LogP contribution in [0.1, 0.15) is 32.4 Å². The Kier molecular flexibility index (Phi) is 4.98. The zero-order valence-corrected chi connectivity index (χ0v) is 10.3. The summed E-state index contributed by atoms with van der Waals surface area (Å²) in [6.45, 7) is 4.28. The highest BCUT2D eigenvalue weighted by atomic mass is 32.1. The Labute approximate surface area is 99.1 Å². The summed E-state index contributed by atoms with van der Waals surface area (Å²) < 4.78 is 5.12. The van der Waals surface area contributed by atoms with Crippen molar-refractivity contribution in [3.63, 3.8) is 0 Å². The lowest BCUT2D eigenvalue weighted by Crippen LogP contribution is -2.08. The number of carbonyl (C=O) groups is 1. The van der Waals surface area contributed by atoms with Gasteiger partial charge >= 0.3 is 5.97 Å². The van der Waals surface area contributed by atoms with E-state index in [0.29, 0.717) is 23.0 Å². The number of rotatable bonds is 5. The number of allylic oxidation sites excluding steroid dienone is 1. The first-order valence-corrected chi connectivity index (χ1v) is 6.11. The molecule has 1 aromatic heterocycles. The monoisotopic (exact) mass is 240 g/mol. The van der Waals surface area contributed by atoms with Gasteiger partial charge in [-0.1, -0.05) is 19.4 Å². The third-order valence-electron chi connectivity index (χ3n) is 2.04. The molecule has 0 saturated heterocycles. The topological polar surface area (TPSA) is 65.2 Å². The van der Waals surface area contributed by atoms with Gasteiger partial charge in [0.2, 0.25) is 0 Å². The lowest BCUT2D eigenvalue weighted by atomic mass is 10.2. The van der Waals surface area contributed by atoms with Crippen molar-refractivity contribution in [2.45, 2.75) is 26.7 Å². The van der Waals surface area contributed by atoms with E-state index in [4.69, 9.17) is 10.5 Å². The molecule has 5 heteroatoms. The van der Waals surface area contributed by atoms with Crippen molar-refractivity contribution in [3.05, 3.63) is 17.2 Å². The van der Waals surface area contributed by atoms with Crippen LogP contribution in [0, 0.1) is 0 Å². The second-order valence-corrected chi connectivity index (χ2v) is 4.15. The highest BCUT2D eigenvalue weighted by Crippen LogP contribution is 2.20. The maximum Gasteiger partial charge on any atom is 0.340 e. The molecule has 16 heavy (non-hydrogen) atoms. The predicted molar refractivity (Wildman–Crippen MR) is 66.0 cm³/mol. The number of nitrogen functional groups attached to an aromatic ring is 1. The Morgan fingerprint density at radius 1 is 1.69 bits per heavy atom. The number of ether oxygens (including phenoxy) is 1. The summed E-state index contributed by atoms with van der Waals surface area (Å²) in [5.74, 6) is -0.332. The summed E-state index contributed by atoms with van der Waals surface area (Å²) in [4.78, 5) is 15.8. The number of hydrogen-bond donors (Lipinski definition) is 1. The van der Waals surface area contributed by atoms with Crippen LogP contribution in [-0.2, 0) is 9.53 Å². The third-order valence-corrected chi connectivity index (χ3v) is 2.71. The Morgan fingerprint density at radius 3 is 2.94 bits per heavy atom. The van der Waals surface area contributed by atoms with Crippen LogP contribution in [0.15, 0.2) is 11.5 Å². The molecule has 0 saturated carbocycles. The van der Waals surface area contributed by atoms with Crippen LogP contribution in [0.5, 0.6) is 0 Å². The van der Waals surface area contributed by atoms with Gasteiger partial charge in [-0.2, -0.15) is 0 Å². The van der Waals surface area contributed by atoms with E-state index in [1.54, 1.807) is 18.4 Å². The smallest absolute Gasteiger partial charge is 0.340 e. The van der Waals surface area contributed by atoms with E-state index in [1.165, 1.54) is 11.3 Å². The summed E-state index contributed by atoms with van der Waals surface area (Å²) in [6, 6.07) is 0. The Bertz CT molecular complexity index is 385. The lowest BCUT2D eigenvalue weighted by Gasteiger charge is -2.05. The minimum atomic E-state index is -0.332. The van der Waals surface area contributed by atoms with Crippen LogP contribution >= 0.6 is 11.3 Å². The maximum absolute atomic E-state index is 11.7. The molecule has 0 amide bonds. The predicted octanol–water partition coefficient (Wildman–Crippen LogP) is 2.47. The minimum absolute atomic E-state index is 0.332. The average Bonchev–Trinajstić information content (AvgIpc) is 2.66. The van der Waals surface area contributed by atoms with Gasteiger partial charge in [0.25, 0.3) is 0 Å². The zero-order valence-electron chi connectivity index (χ0n) is 9.53. The van der Waals surface area contributed by atoms with Crippen LogP contribution < -0.4 is 5.73 Å². The van der Waals surface area contributed by atoms with Gasteiger partial charge < -0.3 is 10.5 Å². The van der Waals surface area contributed by atoms with Gasteiger partial charge in [-0.15, -0.1) is 11.3 Å². The van der Waals surface area contributed by atoms with Crippen LogP contribution in [-0.4, -0.2) is 17.6 Å². The Balaban J connectivity index is 2.65. The van der Waals surface area contributed by atoms with Crippen LogP contribution in [0.2, 0.25) is 0 Å². The van der Waals surface area contributed by atoms with Gasteiger partial charge in [0.15, 0.2) is 5.13 Å². The van der Waals surface area contributed by atoms with E-state index in [9.17, 15) is 4.79 Å². The van der Waals surface area contributed by atoms with Crippen molar-refractivity contribution in [1.29, 1.82) is 0 Å². The van der Waals surface area contributed by atoms with Crippen molar-refractivity contribution in [2.24, 2.45) is 0 Å². The molecular weight excluding hydrogens is 224 g/mol. The molecule has 4 nitrogen and oxygen atoms in total. The fourth-order valence-corrected chi connectivity index (χ4v) is 1.73. The number of aromatic nitrogens is 1. The van der Waals surface area contributed by atoms with E-state index < -0.39 is 0 Å². The molecule has 0 aromatic carbocycles. The van der Waals surface area contributed by atoms with Crippen molar-refractivity contribution >= 4 is 28.0 Å². The molecule has 0 spiro atoms. The van der Waals surface area contributed by atoms with Crippen molar-refractivity contribution in [2.75, 3.05) is 12.3 Å². The molecule has 2 N–H and O–H groups in total. The summed E-state index contributed by atoms with van der Waals surface area (Å²) >= 11 is 1.31. The van der Waals surface area contributed by atoms with Crippen LogP contribution in [0.3, 0.4) is 0 Å². The minimum Gasteiger partial charge on any atom is -0.462 e. The molecule has 0 fully saturated rings. The fourth-order valence-electron chi connectivity index (χ4n) is 1.17. The van der Waals surface area contributed by atoms with Crippen LogP contribution in [0.25, 0.3) is 5.57 Å². The van der Waals surface area contributed by atoms with Gasteiger partial charge in [0, 0.05) is 5.38 Å². The normalized spacial score (nSPS) is 11.5. The van der Waals surface area contributed by atoms with Gasteiger partial charge in [-0.25, -0.2) is 9.78 Å². The number of unbranched alkanes of at least 4 members (excludes halogenated alkanes) is 1. The van der Waals surface area contributed by atoms with Gasteiger partial charge in [0.05, 0.1) is 17.9 Å². The number of anilines is 1. The second kappa shape index (κ2) is 6.27. The average molecular weight is 240 g/mol. The number of thiazole rings is 1. The number of carbonyl (C=O) groups excluding carboxylic acids is 1. The van der Waals surface area contributed by atoms with Crippen molar-refractivity contribution < 1.29 is 9.53 Å². The highest BCUT2D eigenvalue weighted by Gasteiger charge is 2.15. The number of esters is 1. The molecule has 0 bridgehead atoms. The number of hydrogen-bond acceptors (Lipinski definition) is 5. The first-order chi connectivity index (χ1) is 7.69. The first-order valence-electron chi connectivity index (χ1n) is 5.23. The Hall–Kier alpha value is -1.36. The SMILES string of the molecule is C/C=C(/C(=O)OCCCC)c1csc(N)n1. The lowest BCUT2D eigenvalue weighted by molar-refractivity contribution is -0.136.